The third-order valence-corrected chi connectivity index (χ3v) is 2.38. The molecule has 1 fully saturated rings. The fourth-order valence-electron chi connectivity index (χ4n) is 1.12. The Balaban J connectivity index is 2.28. The summed E-state index contributed by atoms with van der Waals surface area (Å²) < 4.78 is 20.6. The minimum Gasteiger partial charge on any atom is -0.387 e. The van der Waals surface area contributed by atoms with Gasteiger partial charge >= 0.3 is 0 Å². The Labute approximate surface area is 67.8 Å². The fourth-order valence-corrected chi connectivity index (χ4v) is 1.73. The van der Waals surface area contributed by atoms with Gasteiger partial charge in [0.1, 0.15) is 0 Å². The molecule has 1 heterocycles. The highest BCUT2D eigenvalue weighted by atomic mass is 32.2. The van der Waals surface area contributed by atoms with Crippen LogP contribution in [0.1, 0.15) is 12.8 Å². The van der Waals surface area contributed by atoms with Crippen LogP contribution in [0.25, 0.3) is 0 Å². The average Bonchev–Trinajstić information content (AvgIpc) is 1.93. The lowest BCUT2D eigenvalue weighted by Crippen LogP contribution is -2.34. The maximum Gasteiger partial charge on any atom is 0.153 e. The largest absolute Gasteiger partial charge is 0.387 e. The smallest absolute Gasteiger partial charge is 0.153 e. The second-order valence-corrected chi connectivity index (χ2v) is 3.61. The van der Waals surface area contributed by atoms with Crippen molar-refractivity contribution in [1.82, 2.24) is 4.90 Å². The van der Waals surface area contributed by atoms with Crippen LogP contribution in [0.4, 0.5) is 0 Å². The van der Waals surface area contributed by atoms with Gasteiger partial charge in [-0.3, -0.25) is 4.90 Å². The topological polar surface area (TPSA) is 57.6 Å². The van der Waals surface area contributed by atoms with Gasteiger partial charge in [0.05, 0.1) is 12.0 Å². The fraction of sp³-hybridized carbons (Fsp3) is 0.833. The first-order valence-corrected chi connectivity index (χ1v) is 4.92. The Morgan fingerprint density at radius 2 is 1.91 bits per heavy atom. The quantitative estimate of drug-likeness (QED) is 0.563. The van der Waals surface area contributed by atoms with Crippen molar-refractivity contribution in [2.45, 2.75) is 12.8 Å². The van der Waals surface area contributed by atoms with E-state index < -0.39 is 10.7 Å². The van der Waals surface area contributed by atoms with Gasteiger partial charge in [0.2, 0.25) is 0 Å². The van der Waals surface area contributed by atoms with Gasteiger partial charge in [0.25, 0.3) is 0 Å². The normalized spacial score (nSPS) is 22.7. The zero-order valence-electron chi connectivity index (χ0n) is 6.19. The van der Waals surface area contributed by atoms with E-state index in [0.29, 0.717) is 32.0 Å². The van der Waals surface area contributed by atoms with E-state index in [4.69, 9.17) is 5.11 Å². The van der Waals surface area contributed by atoms with Crippen molar-refractivity contribution in [3.8, 4) is 0 Å². The zero-order valence-corrected chi connectivity index (χ0v) is 7.09. The summed E-state index contributed by atoms with van der Waals surface area (Å²) in [5, 5.41) is 9.00. The lowest BCUT2D eigenvalue weighted by atomic mass is 10.1. The van der Waals surface area contributed by atoms with Crippen LogP contribution in [0.15, 0.2) is 0 Å². The van der Waals surface area contributed by atoms with Gasteiger partial charge in [-0.05, 0) is 12.8 Å². The van der Waals surface area contributed by atoms with Gasteiger partial charge < -0.3 is 5.11 Å². The molecule has 5 heteroatoms. The number of rotatable bonds is 2. The summed E-state index contributed by atoms with van der Waals surface area (Å²) in [6, 6.07) is 0. The summed E-state index contributed by atoms with van der Waals surface area (Å²) in [4.78, 5) is 1.82. The Hall–Kier alpha value is -0.130. The minimum absolute atomic E-state index is 0.128. The second kappa shape index (κ2) is 4.04. The molecule has 11 heavy (non-hydrogen) atoms. The van der Waals surface area contributed by atoms with Crippen LogP contribution in [0.3, 0.4) is 0 Å². The van der Waals surface area contributed by atoms with Gasteiger partial charge in [0, 0.05) is 13.1 Å². The minimum atomic E-state index is -2.30. The van der Waals surface area contributed by atoms with Crippen molar-refractivity contribution < 1.29 is 13.5 Å². The predicted octanol–water partition coefficient (Wildman–Crippen LogP) is -0.444. The number of hydrogen-bond acceptors (Lipinski definition) is 4. The molecule has 0 aromatic carbocycles. The van der Waals surface area contributed by atoms with E-state index in [1.165, 1.54) is 0 Å². The molecule has 0 amide bonds. The highest BCUT2D eigenvalue weighted by molar-refractivity contribution is 7.72. The number of hydrogen-bond donors (Lipinski definition) is 2. The molecule has 1 radical (unpaired) electrons. The number of likely N-dealkylation sites (tertiary alicyclic amines) is 1. The van der Waals surface area contributed by atoms with Crippen LogP contribution in [-0.2, 0) is 10.7 Å². The molecule has 4 nitrogen and oxygen atoms in total. The van der Waals surface area contributed by atoms with E-state index in [1.54, 1.807) is 0 Å². The summed E-state index contributed by atoms with van der Waals surface area (Å²) in [5.41, 5.74) is 0. The molecule has 1 saturated heterocycles. The summed E-state index contributed by atoms with van der Waals surface area (Å²) in [7, 11) is -2.30. The van der Waals surface area contributed by atoms with Crippen molar-refractivity contribution in [3.05, 3.63) is 6.10 Å². The molecule has 1 aliphatic rings. The van der Waals surface area contributed by atoms with E-state index in [-0.39, 0.29) is 5.88 Å². The Kier molecular flexibility index (Phi) is 3.29. The standard InChI is InChI=1S/C6H12NO3S/c8-6-1-3-7(4-2-6)5-11(9)10/h8,11H,1-5H2. The zero-order chi connectivity index (χ0) is 8.27. The maximum absolute atomic E-state index is 10.3. The molecule has 0 saturated carbocycles. The van der Waals surface area contributed by atoms with Crippen LogP contribution >= 0.6 is 0 Å². The second-order valence-electron chi connectivity index (χ2n) is 2.66. The molecule has 0 aromatic heterocycles. The van der Waals surface area contributed by atoms with Crippen LogP contribution in [0.5, 0.6) is 0 Å². The maximum atomic E-state index is 10.3. The van der Waals surface area contributed by atoms with Crippen molar-refractivity contribution in [2.75, 3.05) is 19.0 Å². The first kappa shape index (κ1) is 8.96. The summed E-state index contributed by atoms with van der Waals surface area (Å²) in [6.45, 7) is 1.32. The molecule has 0 unspecified atom stereocenters. The van der Waals surface area contributed by atoms with E-state index in [0.717, 1.165) is 0 Å². The van der Waals surface area contributed by atoms with Gasteiger partial charge in [0.15, 0.2) is 10.7 Å². The molecule has 0 aliphatic carbocycles. The van der Waals surface area contributed by atoms with E-state index in [2.05, 4.69) is 0 Å². The third kappa shape index (κ3) is 3.18. The third-order valence-electron chi connectivity index (χ3n) is 1.75. The van der Waals surface area contributed by atoms with E-state index in [1.807, 2.05) is 4.90 Å². The van der Waals surface area contributed by atoms with Crippen LogP contribution < -0.4 is 0 Å². The molecule has 65 valence electrons. The van der Waals surface area contributed by atoms with Crippen LogP contribution in [-0.4, -0.2) is 37.4 Å². The lowest BCUT2D eigenvalue weighted by molar-refractivity contribution is 0.175. The number of aliphatic hydroxyl groups is 1. The van der Waals surface area contributed by atoms with Crippen molar-refractivity contribution in [3.63, 3.8) is 0 Å². The number of thiol groups is 1. The molecule has 1 aliphatic heterocycles. The lowest BCUT2D eigenvalue weighted by Gasteiger charge is -2.26. The van der Waals surface area contributed by atoms with Crippen molar-refractivity contribution in [2.24, 2.45) is 0 Å². The summed E-state index contributed by atoms with van der Waals surface area (Å²) >= 11 is 0. The van der Waals surface area contributed by atoms with Crippen molar-refractivity contribution in [1.29, 1.82) is 0 Å². The van der Waals surface area contributed by atoms with Crippen molar-refractivity contribution >= 4 is 10.7 Å². The SMILES string of the molecule is O=[SH](=O)CN1CC[C](O)CC1. The molecule has 0 aromatic rings. The highest BCUT2D eigenvalue weighted by Crippen LogP contribution is 2.14. The first-order chi connectivity index (χ1) is 5.18. The molecule has 0 spiro atoms. The number of nitrogens with zero attached hydrogens (tertiary/aromatic N) is 1. The Morgan fingerprint density at radius 3 is 2.36 bits per heavy atom. The number of aliphatic hydroxyl groups excluding tert-OH is 1. The van der Waals surface area contributed by atoms with Gasteiger partial charge in [-0.25, -0.2) is 8.42 Å². The van der Waals surface area contributed by atoms with Gasteiger partial charge in [-0.1, -0.05) is 0 Å². The summed E-state index contributed by atoms with van der Waals surface area (Å²) in [6.07, 6.45) is 1.72. The molecular formula is C6H12NO3S. The molecular weight excluding hydrogens is 166 g/mol. The Morgan fingerprint density at radius 1 is 1.36 bits per heavy atom. The number of piperidine rings is 1. The average molecular weight is 178 g/mol. The van der Waals surface area contributed by atoms with Gasteiger partial charge in [-0.15, -0.1) is 0 Å². The van der Waals surface area contributed by atoms with E-state index >= 15 is 0 Å². The monoisotopic (exact) mass is 178 g/mol. The van der Waals surface area contributed by atoms with Gasteiger partial charge in [-0.2, -0.15) is 0 Å². The predicted molar refractivity (Wildman–Crippen MR) is 41.2 cm³/mol. The highest BCUT2D eigenvalue weighted by Gasteiger charge is 2.17. The molecule has 0 atom stereocenters. The molecule has 1 N–H and O–H groups in total. The first-order valence-electron chi connectivity index (χ1n) is 3.56. The molecule has 1 rings (SSSR count). The van der Waals surface area contributed by atoms with E-state index in [9.17, 15) is 8.42 Å². The summed E-state index contributed by atoms with van der Waals surface area (Å²) in [5.74, 6) is 0.128. The Bertz CT molecular complexity index is 176. The van der Waals surface area contributed by atoms with Crippen LogP contribution in [0.2, 0.25) is 0 Å². The molecule has 0 bridgehead atoms. The van der Waals surface area contributed by atoms with Crippen LogP contribution in [0, 0.1) is 6.10 Å².